The summed E-state index contributed by atoms with van der Waals surface area (Å²) in [6, 6.07) is 23.7. The van der Waals surface area contributed by atoms with Gasteiger partial charge >= 0.3 is 0 Å². The number of halogens is 1. The van der Waals surface area contributed by atoms with Gasteiger partial charge in [-0.25, -0.2) is 8.42 Å². The molecule has 0 amide bonds. The predicted octanol–water partition coefficient (Wildman–Crippen LogP) is 6.03. The molecule has 1 aliphatic rings. The van der Waals surface area contributed by atoms with Gasteiger partial charge in [-0.05, 0) is 85.0 Å². The molecule has 0 unspecified atom stereocenters. The fourth-order valence-corrected chi connectivity index (χ4v) is 5.81. The summed E-state index contributed by atoms with van der Waals surface area (Å²) in [5, 5.41) is 5.31. The van der Waals surface area contributed by atoms with E-state index in [0.29, 0.717) is 21.6 Å². The predicted molar refractivity (Wildman–Crippen MR) is 147 cm³/mol. The van der Waals surface area contributed by atoms with Gasteiger partial charge in [0.05, 0.1) is 18.0 Å². The Morgan fingerprint density at radius 1 is 1.06 bits per heavy atom. The Labute approximate surface area is 223 Å². The Morgan fingerprint density at radius 3 is 2.47 bits per heavy atom. The first-order chi connectivity index (χ1) is 17.3. The molecule has 3 heterocycles. The maximum Gasteiger partial charge on any atom is 0.229 e. The second-order valence-electron chi connectivity index (χ2n) is 8.13. The van der Waals surface area contributed by atoms with Crippen molar-refractivity contribution in [2.24, 2.45) is 0 Å². The van der Waals surface area contributed by atoms with Crippen molar-refractivity contribution in [3.8, 4) is 0 Å². The van der Waals surface area contributed by atoms with E-state index < -0.39 is 10.0 Å². The Hall–Kier alpha value is -3.05. The van der Waals surface area contributed by atoms with Gasteiger partial charge in [-0.1, -0.05) is 29.4 Å². The SMILES string of the molecule is CS(=O)(=O)Nc1ccc(N2C(=S)N[C@H](c3ccccn3)[C@H]2c2ccc(Sc3ccc(Cl)cc3)o2)cc1. The number of aromatic nitrogens is 1. The smallest absolute Gasteiger partial charge is 0.229 e. The topological polar surface area (TPSA) is 87.5 Å². The van der Waals surface area contributed by atoms with Crippen LogP contribution in [-0.4, -0.2) is 24.8 Å². The molecule has 2 aromatic heterocycles. The van der Waals surface area contributed by atoms with Crippen LogP contribution in [0.5, 0.6) is 0 Å². The summed E-state index contributed by atoms with van der Waals surface area (Å²) in [5.74, 6) is 0.716. The standard InChI is InChI=1S/C25H21ClN4O3S3/c1-36(31,32)29-17-7-9-18(10-8-17)30-24(23(28-25(30)34)20-4-2-3-15-27-20)21-13-14-22(33-21)35-19-11-5-16(26)6-12-19/h2-15,23-24,29H,1H3,(H,28,34)/t23-,24-/m1/s1. The summed E-state index contributed by atoms with van der Waals surface area (Å²) in [6.45, 7) is 0. The number of sulfonamides is 1. The molecule has 2 atom stereocenters. The van der Waals surface area contributed by atoms with Crippen molar-refractivity contribution in [2.75, 3.05) is 15.9 Å². The van der Waals surface area contributed by atoms with E-state index >= 15 is 0 Å². The van der Waals surface area contributed by atoms with Crippen molar-refractivity contribution < 1.29 is 12.8 Å². The van der Waals surface area contributed by atoms with Crippen LogP contribution >= 0.6 is 35.6 Å². The molecule has 0 radical (unpaired) electrons. The first-order valence-electron chi connectivity index (χ1n) is 10.9. The highest BCUT2D eigenvalue weighted by Gasteiger charge is 2.42. The Morgan fingerprint density at radius 2 is 1.81 bits per heavy atom. The van der Waals surface area contributed by atoms with E-state index in [0.717, 1.165) is 27.6 Å². The Bertz CT molecular complexity index is 1480. The maximum atomic E-state index is 11.6. The van der Waals surface area contributed by atoms with Crippen LogP contribution in [0, 0.1) is 0 Å². The van der Waals surface area contributed by atoms with Crippen LogP contribution in [0.15, 0.2) is 99.5 Å². The number of nitrogens with zero attached hydrogens (tertiary/aromatic N) is 2. The summed E-state index contributed by atoms with van der Waals surface area (Å²) >= 11 is 13.2. The number of furan rings is 1. The number of hydrogen-bond donors (Lipinski definition) is 2. The molecule has 2 N–H and O–H groups in total. The first kappa shape index (κ1) is 24.6. The van der Waals surface area contributed by atoms with E-state index in [9.17, 15) is 8.42 Å². The first-order valence-corrected chi connectivity index (χ1v) is 14.4. The van der Waals surface area contributed by atoms with Crippen molar-refractivity contribution in [3.05, 3.63) is 102 Å². The number of hydrogen-bond acceptors (Lipinski definition) is 6. The molecule has 184 valence electrons. The molecule has 1 saturated heterocycles. The number of nitrogens with one attached hydrogen (secondary N) is 2. The third-order valence-corrected chi connectivity index (χ3v) is 7.57. The van der Waals surface area contributed by atoms with Gasteiger partial charge in [0.25, 0.3) is 0 Å². The Balaban J connectivity index is 1.49. The lowest BCUT2D eigenvalue weighted by Gasteiger charge is -2.26. The van der Waals surface area contributed by atoms with E-state index in [2.05, 4.69) is 15.0 Å². The van der Waals surface area contributed by atoms with Crippen LogP contribution in [0.3, 0.4) is 0 Å². The third kappa shape index (κ3) is 5.52. The molecule has 0 spiro atoms. The average molecular weight is 557 g/mol. The van der Waals surface area contributed by atoms with Crippen molar-refractivity contribution in [1.29, 1.82) is 0 Å². The molecule has 1 fully saturated rings. The Kier molecular flexibility index (Phi) is 6.94. The molecular formula is C25H21ClN4O3S3. The zero-order valence-electron chi connectivity index (χ0n) is 19.0. The number of rotatable bonds is 7. The molecule has 4 aromatic rings. The summed E-state index contributed by atoms with van der Waals surface area (Å²) in [6.07, 6.45) is 2.86. The second-order valence-corrected chi connectivity index (χ2v) is 11.8. The van der Waals surface area contributed by atoms with E-state index in [1.165, 1.54) is 11.8 Å². The summed E-state index contributed by atoms with van der Waals surface area (Å²) in [5.41, 5.74) is 2.08. The molecular weight excluding hydrogens is 536 g/mol. The van der Waals surface area contributed by atoms with Gasteiger partial charge < -0.3 is 14.6 Å². The van der Waals surface area contributed by atoms with E-state index in [4.69, 9.17) is 28.2 Å². The minimum absolute atomic E-state index is 0.257. The molecule has 11 heteroatoms. The van der Waals surface area contributed by atoms with E-state index in [1.54, 1.807) is 18.3 Å². The minimum atomic E-state index is -3.38. The summed E-state index contributed by atoms with van der Waals surface area (Å²) < 4.78 is 32.0. The molecule has 1 aliphatic heterocycles. The van der Waals surface area contributed by atoms with Crippen LogP contribution in [0.1, 0.15) is 23.5 Å². The maximum absolute atomic E-state index is 11.6. The number of thiocarbonyl (C=S) groups is 1. The van der Waals surface area contributed by atoms with Gasteiger partial charge in [-0.3, -0.25) is 9.71 Å². The minimum Gasteiger partial charge on any atom is -0.452 e. The highest BCUT2D eigenvalue weighted by molar-refractivity contribution is 7.99. The molecule has 7 nitrogen and oxygen atoms in total. The lowest BCUT2D eigenvalue weighted by atomic mass is 10.0. The van der Waals surface area contributed by atoms with Crippen LogP contribution in [0.4, 0.5) is 11.4 Å². The summed E-state index contributed by atoms with van der Waals surface area (Å²) in [4.78, 5) is 7.53. The van der Waals surface area contributed by atoms with Crippen LogP contribution < -0.4 is 14.9 Å². The fraction of sp³-hybridized carbons (Fsp3) is 0.120. The highest BCUT2D eigenvalue weighted by Crippen LogP contribution is 2.43. The highest BCUT2D eigenvalue weighted by atomic mass is 35.5. The average Bonchev–Trinajstić information content (AvgIpc) is 3.44. The zero-order valence-corrected chi connectivity index (χ0v) is 22.2. The van der Waals surface area contributed by atoms with Crippen molar-refractivity contribution in [3.63, 3.8) is 0 Å². The van der Waals surface area contributed by atoms with Crippen LogP contribution in [-0.2, 0) is 10.0 Å². The van der Waals surface area contributed by atoms with Crippen molar-refractivity contribution in [1.82, 2.24) is 10.3 Å². The quantitative estimate of drug-likeness (QED) is 0.267. The zero-order chi connectivity index (χ0) is 25.3. The monoisotopic (exact) mass is 556 g/mol. The van der Waals surface area contributed by atoms with Crippen LogP contribution in [0.25, 0.3) is 0 Å². The lowest BCUT2D eigenvalue weighted by Crippen LogP contribution is -2.29. The number of anilines is 2. The molecule has 36 heavy (non-hydrogen) atoms. The molecule has 0 saturated carbocycles. The van der Waals surface area contributed by atoms with Gasteiger partial charge in [0.1, 0.15) is 11.8 Å². The second kappa shape index (κ2) is 10.1. The van der Waals surface area contributed by atoms with Crippen molar-refractivity contribution in [2.45, 2.75) is 22.1 Å². The van der Waals surface area contributed by atoms with Gasteiger partial charge in [-0.2, -0.15) is 0 Å². The third-order valence-electron chi connectivity index (χ3n) is 5.47. The van der Waals surface area contributed by atoms with Crippen molar-refractivity contribution >= 4 is 62.1 Å². The number of pyridine rings is 1. The van der Waals surface area contributed by atoms with Gasteiger partial charge in [0.15, 0.2) is 10.2 Å². The molecule has 0 aliphatic carbocycles. The number of benzene rings is 2. The fourth-order valence-electron chi connectivity index (χ4n) is 3.99. The van der Waals surface area contributed by atoms with Gasteiger partial charge in [0, 0.05) is 27.5 Å². The summed E-state index contributed by atoms with van der Waals surface area (Å²) in [7, 11) is -3.38. The molecule has 2 aromatic carbocycles. The van der Waals surface area contributed by atoms with E-state index in [1.807, 2.05) is 71.6 Å². The van der Waals surface area contributed by atoms with E-state index in [-0.39, 0.29) is 12.1 Å². The largest absolute Gasteiger partial charge is 0.452 e. The molecule has 0 bridgehead atoms. The van der Waals surface area contributed by atoms with Gasteiger partial charge in [-0.15, -0.1) is 0 Å². The lowest BCUT2D eigenvalue weighted by molar-refractivity contribution is 0.383. The van der Waals surface area contributed by atoms with Gasteiger partial charge in [0.2, 0.25) is 10.0 Å². The normalized spacial score (nSPS) is 17.7. The van der Waals surface area contributed by atoms with Crippen LogP contribution in [0.2, 0.25) is 5.02 Å². The molecule has 5 rings (SSSR count).